The van der Waals surface area contributed by atoms with E-state index in [0.29, 0.717) is 0 Å². The SMILES string of the molecule is CCNC(=NCC(C)(C)SC)NCCCCN1CCCCC1C. The molecule has 1 heterocycles. The summed E-state index contributed by atoms with van der Waals surface area (Å²) >= 11 is 1.87. The molecular formula is C18H38N4S. The van der Waals surface area contributed by atoms with Crippen molar-refractivity contribution in [3.63, 3.8) is 0 Å². The molecule has 0 spiro atoms. The highest BCUT2D eigenvalue weighted by Gasteiger charge is 2.17. The first-order valence-electron chi connectivity index (χ1n) is 9.30. The number of guanidine groups is 1. The summed E-state index contributed by atoms with van der Waals surface area (Å²) in [5.41, 5.74) is 0. The number of aliphatic imine (C=N–C) groups is 1. The Morgan fingerprint density at radius 3 is 2.70 bits per heavy atom. The van der Waals surface area contributed by atoms with E-state index in [1.54, 1.807) is 0 Å². The van der Waals surface area contributed by atoms with E-state index in [2.05, 4.69) is 49.5 Å². The molecule has 0 aliphatic carbocycles. The molecule has 0 aromatic rings. The Kier molecular flexibility index (Phi) is 10.0. The zero-order valence-electron chi connectivity index (χ0n) is 16.0. The highest BCUT2D eigenvalue weighted by molar-refractivity contribution is 7.99. The Labute approximate surface area is 148 Å². The fourth-order valence-electron chi connectivity index (χ4n) is 2.81. The van der Waals surface area contributed by atoms with Gasteiger partial charge < -0.3 is 15.5 Å². The van der Waals surface area contributed by atoms with E-state index in [1.807, 2.05) is 11.8 Å². The molecule has 0 saturated carbocycles. The second-order valence-corrected chi connectivity index (χ2v) is 8.69. The Morgan fingerprint density at radius 2 is 2.04 bits per heavy atom. The third kappa shape index (κ3) is 8.85. The van der Waals surface area contributed by atoms with Crippen LogP contribution in [-0.4, -0.2) is 60.6 Å². The Balaban J connectivity index is 2.23. The van der Waals surface area contributed by atoms with Gasteiger partial charge in [-0.3, -0.25) is 4.99 Å². The number of nitrogens with one attached hydrogen (secondary N) is 2. The minimum absolute atomic E-state index is 0.201. The molecule has 1 rings (SSSR count). The van der Waals surface area contributed by atoms with Gasteiger partial charge in [-0.2, -0.15) is 11.8 Å². The first-order valence-corrected chi connectivity index (χ1v) is 10.5. The molecule has 1 aliphatic rings. The Bertz CT molecular complexity index is 344. The van der Waals surface area contributed by atoms with E-state index in [0.717, 1.165) is 31.6 Å². The number of likely N-dealkylation sites (tertiary alicyclic amines) is 1. The third-order valence-corrected chi connectivity index (χ3v) is 5.85. The van der Waals surface area contributed by atoms with Crippen molar-refractivity contribution in [3.05, 3.63) is 0 Å². The summed E-state index contributed by atoms with van der Waals surface area (Å²) in [4.78, 5) is 7.38. The summed E-state index contributed by atoms with van der Waals surface area (Å²) in [6.45, 7) is 14.3. The molecule has 0 aromatic heterocycles. The fraction of sp³-hybridized carbons (Fsp3) is 0.944. The number of unbranched alkanes of at least 4 members (excludes halogenated alkanes) is 1. The molecule has 0 aromatic carbocycles. The highest BCUT2D eigenvalue weighted by Crippen LogP contribution is 2.21. The number of rotatable bonds is 9. The molecule has 1 atom stereocenters. The van der Waals surface area contributed by atoms with Gasteiger partial charge >= 0.3 is 0 Å². The molecule has 1 unspecified atom stereocenters. The van der Waals surface area contributed by atoms with Crippen molar-refractivity contribution < 1.29 is 0 Å². The molecule has 5 heteroatoms. The average molecular weight is 343 g/mol. The summed E-state index contributed by atoms with van der Waals surface area (Å²) in [6.07, 6.45) is 8.80. The molecule has 23 heavy (non-hydrogen) atoms. The zero-order chi connectivity index (χ0) is 17.1. The van der Waals surface area contributed by atoms with Crippen LogP contribution in [0.2, 0.25) is 0 Å². The summed E-state index contributed by atoms with van der Waals surface area (Å²) in [6, 6.07) is 0.782. The fourth-order valence-corrected chi connectivity index (χ4v) is 3.01. The standard InChI is InChI=1S/C18H38N4S/c1-6-19-17(21-15-18(3,4)23-5)20-12-8-10-14-22-13-9-7-11-16(22)2/h16H,6-15H2,1-5H3,(H2,19,20,21). The summed E-state index contributed by atoms with van der Waals surface area (Å²) in [5.74, 6) is 0.959. The minimum atomic E-state index is 0.201. The first kappa shape index (κ1) is 20.6. The lowest BCUT2D eigenvalue weighted by molar-refractivity contribution is 0.158. The Hall–Kier alpha value is -0.420. The van der Waals surface area contributed by atoms with Crippen molar-refractivity contribution in [2.45, 2.75) is 70.6 Å². The smallest absolute Gasteiger partial charge is 0.191 e. The van der Waals surface area contributed by atoms with Crippen molar-refractivity contribution in [2.24, 2.45) is 4.99 Å². The van der Waals surface area contributed by atoms with Crippen LogP contribution in [0.15, 0.2) is 4.99 Å². The van der Waals surface area contributed by atoms with Crippen LogP contribution in [0.5, 0.6) is 0 Å². The average Bonchev–Trinajstić information content (AvgIpc) is 2.54. The summed E-state index contributed by atoms with van der Waals surface area (Å²) < 4.78 is 0.201. The van der Waals surface area contributed by atoms with Gasteiger partial charge in [0.05, 0.1) is 6.54 Å². The predicted octanol–water partition coefficient (Wildman–Crippen LogP) is 3.34. The number of nitrogens with zero attached hydrogens (tertiary/aromatic N) is 2. The number of thioether (sulfide) groups is 1. The van der Waals surface area contributed by atoms with Gasteiger partial charge in [-0.25, -0.2) is 0 Å². The molecule has 2 N–H and O–H groups in total. The predicted molar refractivity (Wildman–Crippen MR) is 106 cm³/mol. The van der Waals surface area contributed by atoms with E-state index in [9.17, 15) is 0 Å². The van der Waals surface area contributed by atoms with Crippen molar-refractivity contribution in [1.82, 2.24) is 15.5 Å². The lowest BCUT2D eigenvalue weighted by Crippen LogP contribution is -2.40. The molecule has 1 aliphatic heterocycles. The van der Waals surface area contributed by atoms with E-state index in [-0.39, 0.29) is 4.75 Å². The number of hydrogen-bond acceptors (Lipinski definition) is 3. The molecule has 1 fully saturated rings. The van der Waals surface area contributed by atoms with Crippen LogP contribution < -0.4 is 10.6 Å². The van der Waals surface area contributed by atoms with Crippen LogP contribution >= 0.6 is 11.8 Å². The van der Waals surface area contributed by atoms with Gasteiger partial charge in [0.25, 0.3) is 0 Å². The number of piperidine rings is 1. The van der Waals surface area contributed by atoms with E-state index in [1.165, 1.54) is 45.2 Å². The van der Waals surface area contributed by atoms with Gasteiger partial charge in [-0.05, 0) is 72.7 Å². The molecule has 1 saturated heterocycles. The van der Waals surface area contributed by atoms with Gasteiger partial charge in [0.1, 0.15) is 0 Å². The molecule has 0 amide bonds. The molecule has 136 valence electrons. The van der Waals surface area contributed by atoms with Crippen molar-refractivity contribution in [1.29, 1.82) is 0 Å². The van der Waals surface area contributed by atoms with Gasteiger partial charge in [-0.1, -0.05) is 6.42 Å². The second kappa shape index (κ2) is 11.2. The van der Waals surface area contributed by atoms with Gasteiger partial charge in [0.15, 0.2) is 5.96 Å². The quantitative estimate of drug-likeness (QED) is 0.383. The lowest BCUT2D eigenvalue weighted by atomic mass is 10.0. The van der Waals surface area contributed by atoms with Crippen LogP contribution in [0.1, 0.15) is 59.8 Å². The van der Waals surface area contributed by atoms with Crippen LogP contribution in [0.25, 0.3) is 0 Å². The van der Waals surface area contributed by atoms with Gasteiger partial charge in [0.2, 0.25) is 0 Å². The van der Waals surface area contributed by atoms with Crippen LogP contribution in [0, 0.1) is 0 Å². The van der Waals surface area contributed by atoms with Gasteiger partial charge in [0, 0.05) is 23.9 Å². The van der Waals surface area contributed by atoms with Crippen molar-refractivity contribution in [2.75, 3.05) is 39.0 Å². The van der Waals surface area contributed by atoms with Crippen molar-refractivity contribution >= 4 is 17.7 Å². The molecule has 0 radical (unpaired) electrons. The normalized spacial score (nSPS) is 20.6. The number of hydrogen-bond donors (Lipinski definition) is 2. The van der Waals surface area contributed by atoms with Crippen LogP contribution in [-0.2, 0) is 0 Å². The summed E-state index contributed by atoms with van der Waals surface area (Å²) in [7, 11) is 0. The maximum absolute atomic E-state index is 4.72. The topological polar surface area (TPSA) is 39.7 Å². The highest BCUT2D eigenvalue weighted by atomic mass is 32.2. The monoisotopic (exact) mass is 342 g/mol. The summed E-state index contributed by atoms with van der Waals surface area (Å²) in [5, 5.41) is 6.82. The molecular weight excluding hydrogens is 304 g/mol. The lowest BCUT2D eigenvalue weighted by Gasteiger charge is -2.33. The maximum atomic E-state index is 4.72. The molecule has 0 bridgehead atoms. The maximum Gasteiger partial charge on any atom is 0.191 e. The van der Waals surface area contributed by atoms with E-state index in [4.69, 9.17) is 4.99 Å². The van der Waals surface area contributed by atoms with Crippen LogP contribution in [0.4, 0.5) is 0 Å². The molecule has 4 nitrogen and oxygen atoms in total. The minimum Gasteiger partial charge on any atom is -0.357 e. The Morgan fingerprint density at radius 1 is 1.26 bits per heavy atom. The second-order valence-electron chi connectivity index (χ2n) is 7.17. The van der Waals surface area contributed by atoms with Gasteiger partial charge in [-0.15, -0.1) is 0 Å². The zero-order valence-corrected chi connectivity index (χ0v) is 16.8. The third-order valence-electron chi connectivity index (χ3n) is 4.62. The first-order chi connectivity index (χ1) is 11.0. The van der Waals surface area contributed by atoms with Crippen molar-refractivity contribution in [3.8, 4) is 0 Å². The van der Waals surface area contributed by atoms with Crippen LogP contribution in [0.3, 0.4) is 0 Å². The van der Waals surface area contributed by atoms with E-state index < -0.39 is 0 Å². The van der Waals surface area contributed by atoms with E-state index >= 15 is 0 Å². The largest absolute Gasteiger partial charge is 0.357 e.